The fraction of sp³-hybridized carbons (Fsp3) is 0.533. The zero-order chi connectivity index (χ0) is 17.0. The summed E-state index contributed by atoms with van der Waals surface area (Å²) in [6, 6.07) is 4.62. The molecular formula is C15H19F3N2O3. The maximum absolute atomic E-state index is 12.9. The Hall–Kier alpha value is -1.80. The highest BCUT2D eigenvalue weighted by molar-refractivity contribution is 5.65. The lowest BCUT2D eigenvalue weighted by molar-refractivity contribution is -0.137. The molecule has 2 unspecified atom stereocenters. The zero-order valence-corrected chi connectivity index (χ0v) is 12.6. The van der Waals surface area contributed by atoms with Crippen LogP contribution in [0, 0.1) is 0 Å². The van der Waals surface area contributed by atoms with E-state index in [0.29, 0.717) is 31.8 Å². The van der Waals surface area contributed by atoms with E-state index in [-0.39, 0.29) is 5.92 Å². The first-order chi connectivity index (χ1) is 10.8. The van der Waals surface area contributed by atoms with Crippen molar-refractivity contribution in [1.29, 1.82) is 0 Å². The number of halogens is 3. The van der Waals surface area contributed by atoms with Crippen LogP contribution in [0.15, 0.2) is 24.3 Å². The minimum Gasteiger partial charge on any atom is -0.465 e. The molecule has 1 aliphatic rings. The van der Waals surface area contributed by atoms with E-state index < -0.39 is 23.9 Å². The molecule has 1 fully saturated rings. The number of benzene rings is 1. The Balaban J connectivity index is 2.21. The second-order valence-corrected chi connectivity index (χ2v) is 5.54. The van der Waals surface area contributed by atoms with E-state index in [1.807, 2.05) is 4.90 Å². The van der Waals surface area contributed by atoms with Gasteiger partial charge >= 0.3 is 12.3 Å². The number of amides is 1. The van der Waals surface area contributed by atoms with Gasteiger partial charge in [-0.3, -0.25) is 4.90 Å². The molecule has 0 spiro atoms. The maximum Gasteiger partial charge on any atom is 0.416 e. The highest BCUT2D eigenvalue weighted by Gasteiger charge is 2.36. The van der Waals surface area contributed by atoms with E-state index in [1.165, 1.54) is 6.07 Å². The first-order valence-corrected chi connectivity index (χ1v) is 7.19. The average molecular weight is 332 g/mol. The number of carboxylic acid groups (broad SMARTS) is 1. The number of methoxy groups -OCH3 is 1. The lowest BCUT2D eigenvalue weighted by Crippen LogP contribution is -2.39. The van der Waals surface area contributed by atoms with E-state index >= 15 is 0 Å². The molecule has 0 bridgehead atoms. The summed E-state index contributed by atoms with van der Waals surface area (Å²) in [7, 11) is 1.56. The van der Waals surface area contributed by atoms with E-state index in [2.05, 4.69) is 5.32 Å². The third-order valence-electron chi connectivity index (χ3n) is 3.96. The maximum atomic E-state index is 12.9. The average Bonchev–Trinajstić information content (AvgIpc) is 2.86. The van der Waals surface area contributed by atoms with Crippen LogP contribution in [0.1, 0.15) is 17.0 Å². The van der Waals surface area contributed by atoms with Gasteiger partial charge in [0.25, 0.3) is 0 Å². The van der Waals surface area contributed by atoms with E-state index in [1.54, 1.807) is 13.2 Å². The summed E-state index contributed by atoms with van der Waals surface area (Å²) in [6.07, 6.45) is -5.60. The minimum absolute atomic E-state index is 0.328. The molecule has 1 saturated heterocycles. The van der Waals surface area contributed by atoms with Crippen LogP contribution in [-0.2, 0) is 10.9 Å². The van der Waals surface area contributed by atoms with Gasteiger partial charge in [-0.15, -0.1) is 0 Å². The van der Waals surface area contributed by atoms with E-state index in [9.17, 15) is 18.0 Å². The molecule has 23 heavy (non-hydrogen) atoms. The molecule has 5 nitrogen and oxygen atoms in total. The Morgan fingerprint density at radius 1 is 1.43 bits per heavy atom. The zero-order valence-electron chi connectivity index (χ0n) is 12.6. The molecule has 8 heteroatoms. The second-order valence-electron chi connectivity index (χ2n) is 5.54. The summed E-state index contributed by atoms with van der Waals surface area (Å²) in [4.78, 5) is 12.9. The molecular weight excluding hydrogens is 313 g/mol. The molecule has 1 aromatic carbocycles. The van der Waals surface area contributed by atoms with Gasteiger partial charge in [0.2, 0.25) is 0 Å². The number of likely N-dealkylation sites (tertiary alicyclic amines) is 1. The van der Waals surface area contributed by atoms with Gasteiger partial charge in [-0.1, -0.05) is 18.2 Å². The Morgan fingerprint density at radius 2 is 2.17 bits per heavy atom. The topological polar surface area (TPSA) is 61.8 Å². The largest absolute Gasteiger partial charge is 0.465 e. The molecule has 2 atom stereocenters. The van der Waals surface area contributed by atoms with Crippen molar-refractivity contribution in [3.05, 3.63) is 35.4 Å². The number of nitrogens with one attached hydrogen (secondary N) is 1. The van der Waals surface area contributed by atoms with Crippen molar-refractivity contribution < 1.29 is 27.8 Å². The predicted octanol–water partition coefficient (Wildman–Crippen LogP) is 2.39. The summed E-state index contributed by atoms with van der Waals surface area (Å²) in [5.74, 6) is -0.328. The number of hydrogen-bond donors (Lipinski definition) is 2. The third-order valence-corrected chi connectivity index (χ3v) is 3.96. The van der Waals surface area contributed by atoms with E-state index in [0.717, 1.165) is 12.1 Å². The monoisotopic (exact) mass is 332 g/mol. The minimum atomic E-state index is -4.42. The van der Waals surface area contributed by atoms with Crippen molar-refractivity contribution in [2.24, 2.45) is 0 Å². The van der Waals surface area contributed by atoms with E-state index in [4.69, 9.17) is 9.84 Å². The quantitative estimate of drug-likeness (QED) is 0.869. The Morgan fingerprint density at radius 3 is 2.78 bits per heavy atom. The lowest BCUT2D eigenvalue weighted by Gasteiger charge is -2.19. The molecule has 1 aromatic rings. The number of rotatable bonds is 5. The molecule has 2 N–H and O–H groups in total. The molecule has 0 radical (unpaired) electrons. The van der Waals surface area contributed by atoms with Crippen molar-refractivity contribution in [2.45, 2.75) is 18.1 Å². The van der Waals surface area contributed by atoms with Crippen LogP contribution in [0.2, 0.25) is 0 Å². The van der Waals surface area contributed by atoms with Crippen molar-refractivity contribution >= 4 is 6.09 Å². The predicted molar refractivity (Wildman–Crippen MR) is 77.4 cm³/mol. The van der Waals surface area contributed by atoms with Gasteiger partial charge in [0.1, 0.15) is 0 Å². The molecule has 1 amide bonds. The molecule has 128 valence electrons. The van der Waals surface area contributed by atoms with Crippen molar-refractivity contribution in [2.75, 3.05) is 33.4 Å². The van der Waals surface area contributed by atoms with Crippen LogP contribution in [0.5, 0.6) is 0 Å². The molecule has 0 saturated carbocycles. The first kappa shape index (κ1) is 17.6. The fourth-order valence-corrected chi connectivity index (χ4v) is 2.88. The Kier molecular flexibility index (Phi) is 5.48. The molecule has 2 rings (SSSR count). The van der Waals surface area contributed by atoms with Gasteiger partial charge in [0, 0.05) is 32.7 Å². The Labute approximate surface area is 132 Å². The van der Waals surface area contributed by atoms with Crippen LogP contribution in [0.3, 0.4) is 0 Å². The standard InChI is InChI=1S/C15H19F3N2O3/c1-23-6-5-20-8-12(13(9-20)19-14(21)22)10-3-2-4-11(7-10)15(16,17)18/h2-4,7,12-13,19H,5-6,8-9H2,1H3,(H,21,22). The number of nitrogens with zero attached hydrogens (tertiary/aromatic N) is 1. The van der Waals surface area contributed by atoms with Gasteiger partial charge in [-0.25, -0.2) is 4.79 Å². The van der Waals surface area contributed by atoms with Crippen LogP contribution in [0.4, 0.5) is 18.0 Å². The van der Waals surface area contributed by atoms with Crippen molar-refractivity contribution in [1.82, 2.24) is 10.2 Å². The molecule has 1 aliphatic heterocycles. The van der Waals surface area contributed by atoms with Gasteiger partial charge in [-0.2, -0.15) is 13.2 Å². The summed E-state index contributed by atoms with van der Waals surface area (Å²) in [5, 5.41) is 11.4. The number of alkyl halides is 3. The van der Waals surface area contributed by atoms with Crippen molar-refractivity contribution in [3.8, 4) is 0 Å². The van der Waals surface area contributed by atoms with Crippen LogP contribution in [-0.4, -0.2) is 55.5 Å². The van der Waals surface area contributed by atoms with Crippen LogP contribution in [0.25, 0.3) is 0 Å². The SMILES string of the molecule is COCCN1CC(NC(=O)O)C(c2cccc(C(F)(F)F)c2)C1. The van der Waals surface area contributed by atoms with Gasteiger partial charge in [-0.05, 0) is 11.6 Å². The number of ether oxygens (including phenoxy) is 1. The summed E-state index contributed by atoms with van der Waals surface area (Å²) in [6.45, 7) is 2.01. The van der Waals surface area contributed by atoms with Crippen LogP contribution < -0.4 is 5.32 Å². The summed E-state index contributed by atoms with van der Waals surface area (Å²) < 4.78 is 43.6. The van der Waals surface area contributed by atoms with Crippen molar-refractivity contribution in [3.63, 3.8) is 0 Å². The highest BCUT2D eigenvalue weighted by Crippen LogP contribution is 2.33. The van der Waals surface area contributed by atoms with Gasteiger partial charge < -0.3 is 15.2 Å². The smallest absolute Gasteiger partial charge is 0.416 e. The Bertz CT molecular complexity index is 551. The highest BCUT2D eigenvalue weighted by atomic mass is 19.4. The lowest BCUT2D eigenvalue weighted by atomic mass is 9.93. The molecule has 1 heterocycles. The fourth-order valence-electron chi connectivity index (χ4n) is 2.88. The molecule has 0 aliphatic carbocycles. The van der Waals surface area contributed by atoms with Gasteiger partial charge in [0.05, 0.1) is 18.2 Å². The molecule has 0 aromatic heterocycles. The third kappa shape index (κ3) is 4.59. The number of carbonyl (C=O) groups is 1. The first-order valence-electron chi connectivity index (χ1n) is 7.19. The van der Waals surface area contributed by atoms with Gasteiger partial charge in [0.15, 0.2) is 0 Å². The summed E-state index contributed by atoms with van der Waals surface area (Å²) >= 11 is 0. The normalized spacial score (nSPS) is 22.3. The summed E-state index contributed by atoms with van der Waals surface area (Å²) in [5.41, 5.74) is -0.238. The second kappa shape index (κ2) is 7.18. The number of hydrogen-bond acceptors (Lipinski definition) is 3. The van der Waals surface area contributed by atoms with Crippen LogP contribution >= 0.6 is 0 Å².